The van der Waals surface area contributed by atoms with E-state index < -0.39 is 30.1 Å². The highest BCUT2D eigenvalue weighted by molar-refractivity contribution is 5.34. The fraction of sp³-hybridized carbons (Fsp3) is 0.308. The molecule has 3 nitrogen and oxygen atoms in total. The molecule has 0 bridgehead atoms. The van der Waals surface area contributed by atoms with Crippen molar-refractivity contribution in [2.24, 2.45) is 0 Å². The maximum atomic E-state index is 14.0. The maximum absolute atomic E-state index is 14.0. The summed E-state index contributed by atoms with van der Waals surface area (Å²) in [7, 11) is 1.39. The molecule has 0 aliphatic heterocycles. The summed E-state index contributed by atoms with van der Waals surface area (Å²) in [5.74, 6) is 0.550. The Kier molecular flexibility index (Phi) is 8.00. The SMILES string of the molecule is COc1ccc(COC(c2ccc(O[C@H](C)Cc3ccccc3)cc2)(C(F)(F)F)C(F)(F)F)cc1. The zero-order valence-electron chi connectivity index (χ0n) is 19.0. The Bertz CT molecular complexity index is 1050. The third-order valence-electron chi connectivity index (χ3n) is 5.38. The van der Waals surface area contributed by atoms with E-state index in [1.54, 1.807) is 6.92 Å². The van der Waals surface area contributed by atoms with Crippen LogP contribution in [0.25, 0.3) is 0 Å². The summed E-state index contributed by atoms with van der Waals surface area (Å²) < 4.78 is 99.5. The zero-order valence-corrected chi connectivity index (χ0v) is 19.0. The van der Waals surface area contributed by atoms with Gasteiger partial charge in [0.1, 0.15) is 11.5 Å². The van der Waals surface area contributed by atoms with E-state index in [-0.39, 0.29) is 17.4 Å². The molecule has 188 valence electrons. The van der Waals surface area contributed by atoms with Crippen LogP contribution in [-0.4, -0.2) is 25.6 Å². The molecule has 3 rings (SSSR count). The van der Waals surface area contributed by atoms with E-state index in [1.165, 1.54) is 31.4 Å². The van der Waals surface area contributed by atoms with Gasteiger partial charge in [-0.1, -0.05) is 54.6 Å². The quantitative estimate of drug-likeness (QED) is 0.291. The molecule has 0 N–H and O–H groups in total. The van der Waals surface area contributed by atoms with Crippen molar-refractivity contribution in [2.75, 3.05) is 7.11 Å². The highest BCUT2D eigenvalue weighted by Gasteiger charge is 2.73. The van der Waals surface area contributed by atoms with Crippen LogP contribution in [0, 0.1) is 0 Å². The van der Waals surface area contributed by atoms with Gasteiger partial charge in [-0.05, 0) is 42.3 Å². The number of alkyl halides is 6. The molecule has 0 aliphatic rings. The minimum atomic E-state index is -5.78. The Balaban J connectivity index is 1.85. The minimum absolute atomic E-state index is 0.123. The molecule has 0 fully saturated rings. The third-order valence-corrected chi connectivity index (χ3v) is 5.38. The van der Waals surface area contributed by atoms with Gasteiger partial charge in [-0.15, -0.1) is 0 Å². The second-order valence-electron chi connectivity index (χ2n) is 7.96. The predicted octanol–water partition coefficient (Wildman–Crippen LogP) is 7.24. The number of methoxy groups -OCH3 is 1. The first-order chi connectivity index (χ1) is 16.5. The monoisotopic (exact) mass is 498 g/mol. The van der Waals surface area contributed by atoms with Gasteiger partial charge < -0.3 is 14.2 Å². The molecular weight excluding hydrogens is 474 g/mol. The second kappa shape index (κ2) is 10.6. The summed E-state index contributed by atoms with van der Waals surface area (Å²) in [6.45, 7) is 0.837. The molecule has 35 heavy (non-hydrogen) atoms. The number of ether oxygens (including phenoxy) is 3. The number of hydrogen-bond donors (Lipinski definition) is 0. The van der Waals surface area contributed by atoms with Gasteiger partial charge in [0.2, 0.25) is 0 Å². The van der Waals surface area contributed by atoms with Gasteiger partial charge in [-0.3, -0.25) is 0 Å². The van der Waals surface area contributed by atoms with Crippen LogP contribution in [0.2, 0.25) is 0 Å². The first-order valence-electron chi connectivity index (χ1n) is 10.7. The Labute approximate surface area is 199 Å². The molecule has 0 amide bonds. The highest BCUT2D eigenvalue weighted by atomic mass is 19.4. The van der Waals surface area contributed by atoms with E-state index in [0.717, 1.165) is 29.8 Å². The smallest absolute Gasteiger partial charge is 0.430 e. The fourth-order valence-corrected chi connectivity index (χ4v) is 3.64. The first kappa shape index (κ1) is 26.4. The average molecular weight is 498 g/mol. The Morgan fingerprint density at radius 2 is 1.23 bits per heavy atom. The fourth-order valence-electron chi connectivity index (χ4n) is 3.64. The van der Waals surface area contributed by atoms with E-state index in [9.17, 15) is 26.3 Å². The topological polar surface area (TPSA) is 27.7 Å². The summed E-state index contributed by atoms with van der Waals surface area (Å²) >= 11 is 0. The van der Waals surface area contributed by atoms with Crippen LogP contribution in [0.3, 0.4) is 0 Å². The zero-order chi connectivity index (χ0) is 25.7. The van der Waals surface area contributed by atoms with Crippen LogP contribution in [0.1, 0.15) is 23.6 Å². The molecule has 0 aliphatic carbocycles. The van der Waals surface area contributed by atoms with Crippen molar-refractivity contribution >= 4 is 0 Å². The Morgan fingerprint density at radius 1 is 0.686 bits per heavy atom. The standard InChI is InChI=1S/C26H24F6O3/c1-18(16-19-6-4-3-5-7-19)35-23-14-10-21(11-15-23)24(25(27,28)29,26(30,31)32)34-17-20-8-12-22(33-2)13-9-20/h3-15,18H,16-17H2,1-2H3/t18-/m1/s1. The van der Waals surface area contributed by atoms with Gasteiger partial charge in [0.15, 0.2) is 0 Å². The van der Waals surface area contributed by atoms with Crippen molar-refractivity contribution in [3.05, 3.63) is 95.6 Å². The van der Waals surface area contributed by atoms with E-state index >= 15 is 0 Å². The lowest BCUT2D eigenvalue weighted by Gasteiger charge is -2.37. The van der Waals surface area contributed by atoms with Crippen LogP contribution < -0.4 is 9.47 Å². The van der Waals surface area contributed by atoms with Gasteiger partial charge in [0.05, 0.1) is 19.8 Å². The first-order valence-corrected chi connectivity index (χ1v) is 10.7. The van der Waals surface area contributed by atoms with Crippen molar-refractivity contribution in [1.82, 2.24) is 0 Å². The van der Waals surface area contributed by atoms with Crippen LogP contribution in [-0.2, 0) is 23.4 Å². The van der Waals surface area contributed by atoms with Crippen LogP contribution in [0.5, 0.6) is 11.5 Å². The molecule has 0 saturated carbocycles. The Morgan fingerprint density at radius 3 is 1.74 bits per heavy atom. The molecule has 0 heterocycles. The lowest BCUT2D eigenvalue weighted by atomic mass is 9.91. The second-order valence-corrected chi connectivity index (χ2v) is 7.96. The molecule has 9 heteroatoms. The van der Waals surface area contributed by atoms with Crippen LogP contribution in [0.4, 0.5) is 26.3 Å². The van der Waals surface area contributed by atoms with Crippen molar-refractivity contribution < 1.29 is 40.6 Å². The van der Waals surface area contributed by atoms with Gasteiger partial charge in [-0.2, -0.15) is 26.3 Å². The molecule has 3 aromatic rings. The molecule has 3 aromatic carbocycles. The van der Waals surface area contributed by atoms with E-state index in [2.05, 4.69) is 4.74 Å². The number of rotatable bonds is 9. The van der Waals surface area contributed by atoms with E-state index in [4.69, 9.17) is 9.47 Å². The van der Waals surface area contributed by atoms with Crippen molar-refractivity contribution in [2.45, 2.75) is 44.0 Å². The van der Waals surface area contributed by atoms with Crippen LogP contribution in [0.15, 0.2) is 78.9 Å². The Hall–Kier alpha value is -3.20. The molecule has 0 aromatic heterocycles. The van der Waals surface area contributed by atoms with Crippen molar-refractivity contribution in [3.63, 3.8) is 0 Å². The van der Waals surface area contributed by atoms with Gasteiger partial charge in [-0.25, -0.2) is 0 Å². The number of benzene rings is 3. The summed E-state index contributed by atoms with van der Waals surface area (Å²) in [6, 6.07) is 18.5. The minimum Gasteiger partial charge on any atom is -0.497 e. The summed E-state index contributed by atoms with van der Waals surface area (Å²) in [4.78, 5) is 0. The molecular formula is C26H24F6O3. The third kappa shape index (κ3) is 6.08. The van der Waals surface area contributed by atoms with Crippen molar-refractivity contribution in [1.29, 1.82) is 0 Å². The van der Waals surface area contributed by atoms with Crippen molar-refractivity contribution in [3.8, 4) is 11.5 Å². The lowest BCUT2D eigenvalue weighted by molar-refractivity contribution is -0.392. The summed E-state index contributed by atoms with van der Waals surface area (Å²) in [5, 5.41) is 0. The molecule has 1 atom stereocenters. The van der Waals surface area contributed by atoms with E-state index in [1.807, 2.05) is 30.3 Å². The molecule has 0 saturated heterocycles. The van der Waals surface area contributed by atoms with Gasteiger partial charge in [0, 0.05) is 12.0 Å². The largest absolute Gasteiger partial charge is 0.497 e. The van der Waals surface area contributed by atoms with Gasteiger partial charge >= 0.3 is 12.4 Å². The molecule has 0 unspecified atom stereocenters. The highest BCUT2D eigenvalue weighted by Crippen LogP contribution is 2.53. The number of halogens is 6. The number of hydrogen-bond acceptors (Lipinski definition) is 3. The van der Waals surface area contributed by atoms with E-state index in [0.29, 0.717) is 12.2 Å². The predicted molar refractivity (Wildman–Crippen MR) is 118 cm³/mol. The normalized spacial score (nSPS) is 13.4. The summed E-state index contributed by atoms with van der Waals surface area (Å²) in [6.07, 6.45) is -11.4. The maximum Gasteiger partial charge on any atom is 0.430 e. The van der Waals surface area contributed by atoms with Gasteiger partial charge in [0.25, 0.3) is 5.60 Å². The lowest BCUT2D eigenvalue weighted by Crippen LogP contribution is -2.55. The summed E-state index contributed by atoms with van der Waals surface area (Å²) in [5.41, 5.74) is -4.50. The molecule has 0 radical (unpaired) electrons. The average Bonchev–Trinajstić information content (AvgIpc) is 2.79. The molecule has 0 spiro atoms. The van der Waals surface area contributed by atoms with Crippen LogP contribution >= 0.6 is 0 Å².